The lowest BCUT2D eigenvalue weighted by molar-refractivity contribution is -0.229. The first-order valence-electron chi connectivity index (χ1n) is 11.9. The first kappa shape index (κ1) is 23.9. The zero-order chi connectivity index (χ0) is 22.4. The van der Waals surface area contributed by atoms with E-state index in [0.717, 1.165) is 47.7 Å². The van der Waals surface area contributed by atoms with Crippen LogP contribution in [0.3, 0.4) is 0 Å². The molecule has 1 aliphatic heterocycles. The molecule has 3 fully saturated rings. The summed E-state index contributed by atoms with van der Waals surface area (Å²) in [5, 5.41) is 0. The molecule has 0 radical (unpaired) electrons. The number of amides is 1. The molecule has 7 heteroatoms. The van der Waals surface area contributed by atoms with E-state index in [1.807, 2.05) is 23.9 Å². The Kier molecular flexibility index (Phi) is 8.38. The number of thioether (sulfide) groups is 1. The number of ether oxygens (including phenoxy) is 4. The van der Waals surface area contributed by atoms with Gasteiger partial charge in [-0.15, -0.1) is 0 Å². The molecule has 1 amide bonds. The van der Waals surface area contributed by atoms with Crippen LogP contribution in [-0.2, 0) is 25.4 Å². The molecule has 6 nitrogen and oxygen atoms in total. The number of carbonyl (C=O) groups is 1. The van der Waals surface area contributed by atoms with Crippen LogP contribution in [0.1, 0.15) is 44.1 Å². The van der Waals surface area contributed by atoms with E-state index >= 15 is 0 Å². The number of methoxy groups -OCH3 is 2. The summed E-state index contributed by atoms with van der Waals surface area (Å²) in [5.74, 6) is 4.50. The summed E-state index contributed by atoms with van der Waals surface area (Å²) in [7, 11) is 3.22. The van der Waals surface area contributed by atoms with Gasteiger partial charge in [-0.05, 0) is 54.5 Å². The van der Waals surface area contributed by atoms with Gasteiger partial charge < -0.3 is 23.8 Å². The van der Waals surface area contributed by atoms with Crippen LogP contribution in [0.2, 0.25) is 0 Å². The number of nitrogens with zero attached hydrogens (tertiary/aromatic N) is 1. The lowest BCUT2D eigenvalue weighted by Gasteiger charge is -2.55. The Morgan fingerprint density at radius 3 is 2.62 bits per heavy atom. The molecular formula is C25H37NO5S. The topological polar surface area (TPSA) is 57.2 Å². The van der Waals surface area contributed by atoms with E-state index in [0.29, 0.717) is 6.42 Å². The van der Waals surface area contributed by atoms with Crippen molar-refractivity contribution < 1.29 is 23.7 Å². The first-order chi connectivity index (χ1) is 15.7. The van der Waals surface area contributed by atoms with Crippen molar-refractivity contribution in [2.24, 2.45) is 11.8 Å². The number of rotatable bonds is 15. The van der Waals surface area contributed by atoms with Crippen LogP contribution in [-0.4, -0.2) is 68.3 Å². The SMILES string of the molecule is COCO[C@@]1(Cc2cccc(OCCC3CC3)c2)C(=O)N(COC)[C@H]1CSCC1CCC1. The quantitative estimate of drug-likeness (QED) is 0.288. The molecule has 0 unspecified atom stereocenters. The summed E-state index contributed by atoms with van der Waals surface area (Å²) in [6.07, 6.45) is 8.31. The highest BCUT2D eigenvalue weighted by molar-refractivity contribution is 7.99. The maximum absolute atomic E-state index is 13.3. The van der Waals surface area contributed by atoms with Gasteiger partial charge in [-0.2, -0.15) is 11.8 Å². The molecule has 2 atom stereocenters. The van der Waals surface area contributed by atoms with Gasteiger partial charge in [0.2, 0.25) is 0 Å². The van der Waals surface area contributed by atoms with Gasteiger partial charge in [0.25, 0.3) is 5.91 Å². The van der Waals surface area contributed by atoms with Crippen LogP contribution in [0.25, 0.3) is 0 Å². The van der Waals surface area contributed by atoms with Crippen molar-refractivity contribution in [3.8, 4) is 5.75 Å². The van der Waals surface area contributed by atoms with E-state index in [2.05, 4.69) is 12.1 Å². The van der Waals surface area contributed by atoms with E-state index < -0.39 is 5.60 Å². The fourth-order valence-corrected chi connectivity index (χ4v) is 6.07. The molecule has 1 heterocycles. The largest absolute Gasteiger partial charge is 0.494 e. The van der Waals surface area contributed by atoms with Crippen LogP contribution in [0.15, 0.2) is 24.3 Å². The summed E-state index contributed by atoms with van der Waals surface area (Å²) < 4.78 is 22.7. The van der Waals surface area contributed by atoms with Gasteiger partial charge in [-0.25, -0.2) is 0 Å². The molecular weight excluding hydrogens is 426 g/mol. The van der Waals surface area contributed by atoms with Crippen molar-refractivity contribution in [1.82, 2.24) is 4.90 Å². The molecule has 3 aliphatic rings. The highest BCUT2D eigenvalue weighted by Crippen LogP contribution is 2.41. The maximum atomic E-state index is 13.3. The van der Waals surface area contributed by atoms with E-state index in [9.17, 15) is 4.79 Å². The van der Waals surface area contributed by atoms with Gasteiger partial charge in [-0.3, -0.25) is 4.79 Å². The summed E-state index contributed by atoms with van der Waals surface area (Å²) in [6.45, 7) is 1.13. The molecule has 32 heavy (non-hydrogen) atoms. The van der Waals surface area contributed by atoms with Gasteiger partial charge in [0.05, 0.1) is 12.6 Å². The molecule has 0 aromatic heterocycles. The molecule has 1 aromatic rings. The first-order valence-corrected chi connectivity index (χ1v) is 13.0. The zero-order valence-electron chi connectivity index (χ0n) is 19.4. The second kappa shape index (κ2) is 11.2. The van der Waals surface area contributed by atoms with Gasteiger partial charge in [0.15, 0.2) is 5.60 Å². The smallest absolute Gasteiger partial charge is 0.259 e. The minimum Gasteiger partial charge on any atom is -0.494 e. The van der Waals surface area contributed by atoms with Crippen LogP contribution in [0, 0.1) is 11.8 Å². The van der Waals surface area contributed by atoms with Gasteiger partial charge in [0.1, 0.15) is 19.3 Å². The Morgan fingerprint density at radius 1 is 1.09 bits per heavy atom. The highest BCUT2D eigenvalue weighted by atomic mass is 32.2. The van der Waals surface area contributed by atoms with Crippen LogP contribution < -0.4 is 4.74 Å². The van der Waals surface area contributed by atoms with Crippen molar-refractivity contribution in [1.29, 1.82) is 0 Å². The average Bonchev–Trinajstić information content (AvgIpc) is 3.59. The number of likely N-dealkylation sites (tertiary alicyclic amines) is 1. The Morgan fingerprint density at radius 2 is 1.94 bits per heavy atom. The van der Waals surface area contributed by atoms with E-state index in [1.165, 1.54) is 32.1 Å². The van der Waals surface area contributed by atoms with Crippen molar-refractivity contribution >= 4 is 17.7 Å². The Bertz CT molecular complexity index is 754. The standard InChI is InChI=1S/C25H37NO5S/c1-28-17-26-23(16-32-15-20-5-3-6-20)25(24(26)27,31-18-29-2)14-21-7-4-8-22(13-21)30-12-11-19-9-10-19/h4,7-8,13,19-20,23H,3,5-6,9-12,14-18H2,1-2H3/t23-,25+/m0/s1. The molecule has 4 rings (SSSR count). The summed E-state index contributed by atoms with van der Waals surface area (Å²) in [5.41, 5.74) is 0.123. The molecule has 2 aliphatic carbocycles. The molecule has 0 N–H and O–H groups in total. The lowest BCUT2D eigenvalue weighted by atomic mass is 9.78. The second-order valence-electron chi connectivity index (χ2n) is 9.39. The number of benzene rings is 1. The van der Waals surface area contributed by atoms with Gasteiger partial charge in [-0.1, -0.05) is 31.4 Å². The number of carbonyl (C=O) groups excluding carboxylic acids is 1. The Hall–Kier alpha value is -1.28. The Balaban J connectivity index is 1.45. The summed E-state index contributed by atoms with van der Waals surface area (Å²) in [6, 6.07) is 8.05. The minimum atomic E-state index is -0.923. The predicted octanol–water partition coefficient (Wildman–Crippen LogP) is 4.12. The number of hydrogen-bond acceptors (Lipinski definition) is 6. The summed E-state index contributed by atoms with van der Waals surface area (Å²) >= 11 is 1.93. The van der Waals surface area contributed by atoms with Crippen molar-refractivity contribution in [2.75, 3.05) is 45.9 Å². The van der Waals surface area contributed by atoms with E-state index in [-0.39, 0.29) is 25.5 Å². The second-order valence-corrected chi connectivity index (χ2v) is 10.5. The van der Waals surface area contributed by atoms with Crippen molar-refractivity contribution in [2.45, 2.75) is 56.6 Å². The zero-order valence-corrected chi connectivity index (χ0v) is 20.2. The molecule has 0 bridgehead atoms. The van der Waals surface area contributed by atoms with Crippen LogP contribution in [0.4, 0.5) is 0 Å². The summed E-state index contributed by atoms with van der Waals surface area (Å²) in [4.78, 5) is 15.1. The van der Waals surface area contributed by atoms with E-state index in [4.69, 9.17) is 18.9 Å². The third-order valence-electron chi connectivity index (χ3n) is 6.95. The number of β-lactam (4-membered cyclic amide) rings is 1. The average molecular weight is 464 g/mol. The van der Waals surface area contributed by atoms with Crippen molar-refractivity contribution in [3.63, 3.8) is 0 Å². The number of hydrogen-bond donors (Lipinski definition) is 0. The van der Waals surface area contributed by atoms with Crippen LogP contribution >= 0.6 is 11.8 Å². The predicted molar refractivity (Wildman–Crippen MR) is 126 cm³/mol. The van der Waals surface area contributed by atoms with Gasteiger partial charge in [0, 0.05) is 26.4 Å². The monoisotopic (exact) mass is 463 g/mol. The lowest BCUT2D eigenvalue weighted by Crippen LogP contribution is -2.77. The molecule has 178 valence electrons. The molecule has 1 aromatic carbocycles. The highest BCUT2D eigenvalue weighted by Gasteiger charge is 2.61. The fourth-order valence-electron chi connectivity index (χ4n) is 4.60. The van der Waals surface area contributed by atoms with Gasteiger partial charge >= 0.3 is 0 Å². The fraction of sp³-hybridized carbons (Fsp3) is 0.720. The van der Waals surface area contributed by atoms with E-state index in [1.54, 1.807) is 19.1 Å². The molecule has 1 saturated heterocycles. The third-order valence-corrected chi connectivity index (χ3v) is 8.21. The van der Waals surface area contributed by atoms with Crippen molar-refractivity contribution in [3.05, 3.63) is 29.8 Å². The maximum Gasteiger partial charge on any atom is 0.259 e. The third kappa shape index (κ3) is 5.61. The molecule has 0 spiro atoms. The van der Waals surface area contributed by atoms with Crippen LogP contribution in [0.5, 0.6) is 5.75 Å². The minimum absolute atomic E-state index is 0.0225. The normalized spacial score (nSPS) is 25.5. The molecule has 2 saturated carbocycles. The Labute approximate surface area is 196 Å².